The first-order valence-electron chi connectivity index (χ1n) is 8.40. The Kier molecular flexibility index (Phi) is 6.62. The van der Waals surface area contributed by atoms with Crippen LogP contribution in [0.1, 0.15) is 15.2 Å². The normalized spacial score (nSPS) is 10.2. The van der Waals surface area contributed by atoms with Crippen LogP contribution in [-0.4, -0.2) is 10.8 Å². The molecule has 28 heavy (non-hydrogen) atoms. The second-order valence-electron chi connectivity index (χ2n) is 5.86. The van der Waals surface area contributed by atoms with E-state index in [0.717, 1.165) is 11.3 Å². The molecule has 3 nitrogen and oxygen atoms in total. The van der Waals surface area contributed by atoms with Gasteiger partial charge in [-0.3, -0.25) is 4.79 Å². The fraction of sp³-hybridized carbons (Fsp3) is 0. The number of nitrogens with zero attached hydrogens (tertiary/aromatic N) is 1. The Morgan fingerprint density at radius 1 is 0.857 bits per heavy atom. The molecule has 1 aromatic heterocycles. The zero-order chi connectivity index (χ0) is 18.6. The van der Waals surface area contributed by atoms with Crippen LogP contribution in [0.15, 0.2) is 84.9 Å². The van der Waals surface area contributed by atoms with E-state index in [1.54, 1.807) is 0 Å². The van der Waals surface area contributed by atoms with Gasteiger partial charge in [0.25, 0.3) is 0 Å². The van der Waals surface area contributed by atoms with Crippen LogP contribution >= 0.6 is 22.9 Å². The summed E-state index contributed by atoms with van der Waals surface area (Å²) < 4.78 is 0. The number of hydrogen-bond acceptors (Lipinski definition) is 4. The van der Waals surface area contributed by atoms with Crippen molar-refractivity contribution in [1.82, 2.24) is 4.98 Å². The highest BCUT2D eigenvalue weighted by molar-refractivity contribution is 7.18. The molecule has 0 fully saturated rings. The Morgan fingerprint density at radius 2 is 1.46 bits per heavy atom. The van der Waals surface area contributed by atoms with E-state index >= 15 is 0 Å². The van der Waals surface area contributed by atoms with Gasteiger partial charge in [-0.1, -0.05) is 95.7 Å². The van der Waals surface area contributed by atoms with E-state index in [2.05, 4.69) is 5.32 Å². The number of para-hydroxylation sites is 1. The lowest BCUT2D eigenvalue weighted by atomic mass is 10.1. The van der Waals surface area contributed by atoms with E-state index in [1.807, 2.05) is 84.9 Å². The first-order valence-corrected chi connectivity index (χ1v) is 9.59. The maximum atomic E-state index is 13.1. The number of rotatable bonds is 5. The molecule has 0 spiro atoms. The number of aromatic nitrogens is 1. The zero-order valence-electron chi connectivity index (χ0n) is 14.6. The number of thiazole rings is 1. The first-order chi connectivity index (χ1) is 13.2. The summed E-state index contributed by atoms with van der Waals surface area (Å²) in [5.41, 5.74) is 2.97. The third-order valence-corrected chi connectivity index (χ3v) is 5.33. The Morgan fingerprint density at radius 3 is 2.14 bits per heavy atom. The Labute approximate surface area is 182 Å². The van der Waals surface area contributed by atoms with Gasteiger partial charge in [0.05, 0.1) is 16.4 Å². The highest BCUT2D eigenvalue weighted by atomic mass is 79.9. The summed E-state index contributed by atoms with van der Waals surface area (Å²) >= 11 is 7.57. The van der Waals surface area contributed by atoms with Crippen LogP contribution < -0.4 is 22.3 Å². The van der Waals surface area contributed by atoms with Gasteiger partial charge in [0, 0.05) is 11.1 Å². The maximum absolute atomic E-state index is 13.1. The van der Waals surface area contributed by atoms with Gasteiger partial charge in [0.2, 0.25) is 5.78 Å². The number of carbonyl (C=O) groups excluding carboxylic acids is 1. The Balaban J connectivity index is 0.00000225. The van der Waals surface area contributed by atoms with Crippen LogP contribution in [0.3, 0.4) is 0 Å². The summed E-state index contributed by atoms with van der Waals surface area (Å²) in [6.07, 6.45) is 0. The molecule has 0 aliphatic heterocycles. The summed E-state index contributed by atoms with van der Waals surface area (Å²) in [6, 6.07) is 26.4. The molecular formula is C22H15BrClN2OS-. The molecule has 0 aliphatic carbocycles. The van der Waals surface area contributed by atoms with Gasteiger partial charge >= 0.3 is 0 Å². The number of hydrogen-bond donors (Lipinski definition) is 1. The van der Waals surface area contributed by atoms with E-state index in [-0.39, 0.29) is 22.8 Å². The van der Waals surface area contributed by atoms with Crippen LogP contribution in [0, 0.1) is 0 Å². The van der Waals surface area contributed by atoms with Crippen molar-refractivity contribution in [3.05, 3.63) is 100 Å². The molecule has 0 radical (unpaired) electrons. The largest absolute Gasteiger partial charge is 1.00 e. The maximum Gasteiger partial charge on any atom is 0.205 e. The van der Waals surface area contributed by atoms with E-state index in [9.17, 15) is 4.79 Å². The topological polar surface area (TPSA) is 42.0 Å². The van der Waals surface area contributed by atoms with Gasteiger partial charge in [-0.2, -0.15) is 0 Å². The Bertz CT molecular complexity index is 1080. The summed E-state index contributed by atoms with van der Waals surface area (Å²) in [5.74, 6) is -0.0424. The lowest BCUT2D eigenvalue weighted by Crippen LogP contribution is -3.00. The van der Waals surface area contributed by atoms with Crippen LogP contribution in [0.25, 0.3) is 11.3 Å². The predicted octanol–water partition coefficient (Wildman–Crippen LogP) is 3.44. The fourth-order valence-corrected chi connectivity index (χ4v) is 3.86. The second kappa shape index (κ2) is 9.15. The molecule has 1 heterocycles. The predicted molar refractivity (Wildman–Crippen MR) is 112 cm³/mol. The van der Waals surface area contributed by atoms with E-state index in [4.69, 9.17) is 16.6 Å². The molecule has 4 rings (SSSR count). The molecule has 1 N–H and O–H groups in total. The first kappa shape index (κ1) is 20.3. The molecular weight excluding hydrogens is 456 g/mol. The van der Waals surface area contributed by atoms with Crippen LogP contribution in [0.4, 0.5) is 10.8 Å². The molecule has 0 saturated carbocycles. The molecule has 0 aliphatic rings. The van der Waals surface area contributed by atoms with Gasteiger partial charge in [0.15, 0.2) is 5.13 Å². The number of halogens is 2. The molecule has 0 amide bonds. The number of anilines is 2. The van der Waals surface area contributed by atoms with Crippen LogP contribution in [0.5, 0.6) is 0 Å². The molecule has 140 valence electrons. The van der Waals surface area contributed by atoms with Gasteiger partial charge in [-0.25, -0.2) is 4.98 Å². The highest BCUT2D eigenvalue weighted by Gasteiger charge is 2.21. The van der Waals surface area contributed by atoms with Crippen molar-refractivity contribution >= 4 is 39.5 Å². The van der Waals surface area contributed by atoms with Crippen LogP contribution in [-0.2, 0) is 0 Å². The summed E-state index contributed by atoms with van der Waals surface area (Å²) in [4.78, 5) is 18.4. The number of carbonyl (C=O) groups is 1. The third kappa shape index (κ3) is 4.33. The smallest absolute Gasteiger partial charge is 0.205 e. The van der Waals surface area contributed by atoms with Gasteiger partial charge in [-0.15, -0.1) is 0 Å². The van der Waals surface area contributed by atoms with Crippen molar-refractivity contribution in [2.75, 3.05) is 5.32 Å². The molecule has 0 unspecified atom stereocenters. The number of ketones is 1. The lowest BCUT2D eigenvalue weighted by Gasteiger charge is -2.03. The second-order valence-corrected chi connectivity index (χ2v) is 7.27. The van der Waals surface area contributed by atoms with Gasteiger partial charge in [0.1, 0.15) is 4.88 Å². The highest BCUT2D eigenvalue weighted by Crippen LogP contribution is 2.35. The van der Waals surface area contributed by atoms with Crippen molar-refractivity contribution in [3.8, 4) is 11.3 Å². The van der Waals surface area contributed by atoms with Crippen molar-refractivity contribution in [2.45, 2.75) is 0 Å². The third-order valence-electron chi connectivity index (χ3n) is 4.03. The standard InChI is InChI=1S/C22H15ClN2OS.BrH/c23-17-13-7-8-14-18(17)24-22-25-19(15-9-3-1-4-10-15)21(27-22)20(26)16-11-5-2-6-12-16;/h1-14H,(H,24,25);1H/p-1. The summed E-state index contributed by atoms with van der Waals surface area (Å²) in [7, 11) is 0. The van der Waals surface area contributed by atoms with E-state index in [0.29, 0.717) is 26.3 Å². The molecule has 3 aromatic carbocycles. The van der Waals surface area contributed by atoms with E-state index in [1.165, 1.54) is 11.3 Å². The average molecular weight is 471 g/mol. The average Bonchev–Trinajstić information content (AvgIpc) is 3.14. The van der Waals surface area contributed by atoms with Crippen molar-refractivity contribution in [1.29, 1.82) is 0 Å². The minimum absolute atomic E-state index is 0. The minimum atomic E-state index is -0.0424. The summed E-state index contributed by atoms with van der Waals surface area (Å²) in [6.45, 7) is 0. The molecule has 0 saturated heterocycles. The Hall–Kier alpha value is -2.47. The molecule has 0 bridgehead atoms. The number of benzene rings is 3. The van der Waals surface area contributed by atoms with Crippen molar-refractivity contribution in [2.24, 2.45) is 0 Å². The van der Waals surface area contributed by atoms with Gasteiger partial charge in [-0.05, 0) is 12.1 Å². The molecule has 6 heteroatoms. The fourth-order valence-electron chi connectivity index (χ4n) is 2.72. The SMILES string of the molecule is O=C(c1ccccc1)c1sc(Nc2ccccc2Cl)nc1-c1ccccc1.[Br-]. The summed E-state index contributed by atoms with van der Waals surface area (Å²) in [5, 5.41) is 4.46. The number of nitrogens with one attached hydrogen (secondary N) is 1. The lowest BCUT2D eigenvalue weighted by molar-refractivity contribution is -0.0000125. The van der Waals surface area contributed by atoms with E-state index < -0.39 is 0 Å². The zero-order valence-corrected chi connectivity index (χ0v) is 17.8. The van der Waals surface area contributed by atoms with Crippen molar-refractivity contribution < 1.29 is 21.8 Å². The monoisotopic (exact) mass is 469 g/mol. The van der Waals surface area contributed by atoms with Gasteiger partial charge < -0.3 is 22.3 Å². The minimum Gasteiger partial charge on any atom is -1.00 e. The molecule has 4 aromatic rings. The van der Waals surface area contributed by atoms with Crippen molar-refractivity contribution in [3.63, 3.8) is 0 Å². The van der Waals surface area contributed by atoms with Crippen LogP contribution in [0.2, 0.25) is 5.02 Å². The molecule has 0 atom stereocenters. The quantitative estimate of drug-likeness (QED) is 0.454.